The van der Waals surface area contributed by atoms with E-state index in [9.17, 15) is 9.18 Å². The summed E-state index contributed by atoms with van der Waals surface area (Å²) in [4.78, 5) is 19.6. The topological polar surface area (TPSA) is 60.3 Å². The van der Waals surface area contributed by atoms with Crippen molar-refractivity contribution in [3.8, 4) is 0 Å². The fourth-order valence-corrected chi connectivity index (χ4v) is 4.43. The molecule has 0 radical (unpaired) electrons. The number of carbonyl (C=O) groups is 1. The van der Waals surface area contributed by atoms with E-state index >= 15 is 0 Å². The lowest BCUT2D eigenvalue weighted by molar-refractivity contribution is -0.116. The number of nitrogens with zero attached hydrogens (tertiary/aromatic N) is 4. The summed E-state index contributed by atoms with van der Waals surface area (Å²) < 4.78 is 13.3. The molecular weight excluding hydrogens is 472 g/mol. The zero-order chi connectivity index (χ0) is 22.8. The number of thioether (sulfide) groups is 1. The van der Waals surface area contributed by atoms with Gasteiger partial charge in [-0.25, -0.2) is 14.4 Å². The number of rotatable bonds is 4. The van der Waals surface area contributed by atoms with Crippen molar-refractivity contribution >= 4 is 63.5 Å². The lowest BCUT2D eigenvalue weighted by Gasteiger charge is -2.31. The van der Waals surface area contributed by atoms with E-state index in [0.717, 1.165) is 0 Å². The molecule has 2 aromatic carbocycles. The Bertz CT molecular complexity index is 1210. The highest BCUT2D eigenvalue weighted by Crippen LogP contribution is 2.36. The Morgan fingerprint density at radius 3 is 2.72 bits per heavy atom. The smallest absolute Gasteiger partial charge is 0.255 e. The van der Waals surface area contributed by atoms with E-state index in [-0.39, 0.29) is 12.6 Å². The third kappa shape index (κ3) is 4.82. The van der Waals surface area contributed by atoms with Crippen LogP contribution in [0.2, 0.25) is 10.0 Å². The van der Waals surface area contributed by atoms with E-state index in [4.69, 9.17) is 23.2 Å². The number of halogens is 3. The maximum absolute atomic E-state index is 13.3. The van der Waals surface area contributed by atoms with Crippen LogP contribution >= 0.6 is 35.0 Å². The fourth-order valence-electron chi connectivity index (χ4n) is 3.08. The highest BCUT2D eigenvalue weighted by atomic mass is 35.5. The number of allylic oxidation sites excluding steroid dienone is 1. The summed E-state index contributed by atoms with van der Waals surface area (Å²) in [5.74, 6) is -0.635. The molecule has 0 saturated carbocycles. The Morgan fingerprint density at radius 1 is 1.19 bits per heavy atom. The number of hydrazone groups is 1. The molecule has 0 spiro atoms. The van der Waals surface area contributed by atoms with Crippen LogP contribution in [0.15, 0.2) is 69.2 Å². The van der Waals surface area contributed by atoms with Crippen LogP contribution in [-0.2, 0) is 4.79 Å². The maximum Gasteiger partial charge on any atom is 0.255 e. The van der Waals surface area contributed by atoms with Crippen LogP contribution in [0.1, 0.15) is 5.56 Å². The molecule has 0 bridgehead atoms. The van der Waals surface area contributed by atoms with Gasteiger partial charge in [-0.15, -0.1) is 0 Å². The second-order valence-corrected chi connectivity index (χ2v) is 9.02. The van der Waals surface area contributed by atoms with Crippen LogP contribution in [0.3, 0.4) is 0 Å². The SMILES string of the molecule is CN(C)/C=N\c1ccc(C2=C3C=CC(Sc4ccc(F)cc4Cl)=NN3CNC2=O)c(Cl)c1. The summed E-state index contributed by atoms with van der Waals surface area (Å²) in [5, 5.41) is 10.5. The van der Waals surface area contributed by atoms with Crippen molar-refractivity contribution in [3.63, 3.8) is 0 Å². The Morgan fingerprint density at radius 2 is 2.00 bits per heavy atom. The molecule has 4 rings (SSSR count). The first-order valence-corrected chi connectivity index (χ1v) is 11.1. The van der Waals surface area contributed by atoms with Crippen molar-refractivity contribution < 1.29 is 9.18 Å². The van der Waals surface area contributed by atoms with Gasteiger partial charge >= 0.3 is 0 Å². The number of carbonyl (C=O) groups excluding carboxylic acids is 1. The summed E-state index contributed by atoms with van der Waals surface area (Å²) >= 11 is 14.0. The third-order valence-corrected chi connectivity index (χ3v) is 6.26. The number of fused-ring (bicyclic) bond motifs is 1. The van der Waals surface area contributed by atoms with Gasteiger partial charge in [0.2, 0.25) is 0 Å². The number of hydrogen-bond donors (Lipinski definition) is 1. The quantitative estimate of drug-likeness (QED) is 0.477. The highest BCUT2D eigenvalue weighted by molar-refractivity contribution is 8.14. The minimum absolute atomic E-state index is 0.214. The molecule has 0 unspecified atom stereocenters. The first-order chi connectivity index (χ1) is 15.3. The van der Waals surface area contributed by atoms with Gasteiger partial charge in [-0.05, 0) is 42.5 Å². The molecule has 164 valence electrons. The number of benzene rings is 2. The second kappa shape index (κ2) is 9.36. The van der Waals surface area contributed by atoms with E-state index in [1.807, 2.05) is 25.1 Å². The van der Waals surface area contributed by atoms with Gasteiger partial charge in [-0.1, -0.05) is 41.0 Å². The second-order valence-electron chi connectivity index (χ2n) is 7.14. The van der Waals surface area contributed by atoms with Crippen LogP contribution in [0, 0.1) is 5.82 Å². The van der Waals surface area contributed by atoms with Crippen molar-refractivity contribution in [3.05, 3.63) is 75.7 Å². The zero-order valence-electron chi connectivity index (χ0n) is 17.1. The molecule has 1 amide bonds. The number of amides is 1. The van der Waals surface area contributed by atoms with Crippen molar-refractivity contribution in [2.45, 2.75) is 4.90 Å². The largest absolute Gasteiger partial charge is 0.369 e. The summed E-state index contributed by atoms with van der Waals surface area (Å²) in [6, 6.07) is 9.50. The van der Waals surface area contributed by atoms with Crippen molar-refractivity contribution in [1.82, 2.24) is 15.2 Å². The minimum atomic E-state index is -0.399. The molecule has 2 aromatic rings. The van der Waals surface area contributed by atoms with Crippen molar-refractivity contribution in [2.24, 2.45) is 10.1 Å². The molecule has 2 heterocycles. The number of hydrogen-bond acceptors (Lipinski definition) is 5. The standard InChI is InChI=1S/C22H18Cl2FN5OS/c1-29(2)11-26-14-4-5-15(16(23)10-14)21-18-6-8-20(28-30(18)12-27-22(21)31)32-19-7-3-13(25)9-17(19)24/h3-11H,12H2,1-2H3,(H,27,31)/b26-11-. The monoisotopic (exact) mass is 489 g/mol. The van der Waals surface area contributed by atoms with E-state index in [2.05, 4.69) is 15.4 Å². The fraction of sp³-hybridized carbons (Fsp3) is 0.136. The molecule has 6 nitrogen and oxygen atoms in total. The maximum atomic E-state index is 13.3. The molecule has 32 heavy (non-hydrogen) atoms. The van der Waals surface area contributed by atoms with Gasteiger partial charge in [-0.3, -0.25) is 4.79 Å². The molecule has 1 N–H and O–H groups in total. The lowest BCUT2D eigenvalue weighted by Crippen LogP contribution is -2.41. The van der Waals surface area contributed by atoms with Crippen molar-refractivity contribution in [2.75, 3.05) is 20.8 Å². The van der Waals surface area contributed by atoms with E-state index < -0.39 is 5.82 Å². The Labute approximate surface area is 199 Å². The Hall–Kier alpha value is -2.81. The van der Waals surface area contributed by atoms with Crippen LogP contribution in [0.25, 0.3) is 5.57 Å². The zero-order valence-corrected chi connectivity index (χ0v) is 19.5. The minimum Gasteiger partial charge on any atom is -0.369 e. The Kier molecular flexibility index (Phi) is 6.55. The summed E-state index contributed by atoms with van der Waals surface area (Å²) in [5.41, 5.74) is 2.33. The van der Waals surface area contributed by atoms with Gasteiger partial charge in [0, 0.05) is 24.6 Å². The van der Waals surface area contributed by atoms with Crippen LogP contribution in [-0.4, -0.2) is 48.0 Å². The molecule has 10 heteroatoms. The van der Waals surface area contributed by atoms with E-state index in [1.54, 1.807) is 41.7 Å². The molecule has 0 aliphatic carbocycles. The average molecular weight is 490 g/mol. The normalized spacial score (nSPS) is 15.7. The summed E-state index contributed by atoms with van der Waals surface area (Å²) in [6.45, 7) is 0.214. The first kappa shape index (κ1) is 22.4. The molecule has 0 atom stereocenters. The predicted octanol–water partition coefficient (Wildman–Crippen LogP) is 5.13. The van der Waals surface area contributed by atoms with Gasteiger partial charge in [0.05, 0.1) is 33.3 Å². The molecule has 0 fully saturated rings. The van der Waals surface area contributed by atoms with Crippen molar-refractivity contribution in [1.29, 1.82) is 0 Å². The molecule has 2 aliphatic heterocycles. The number of aliphatic imine (C=N–C) groups is 1. The van der Waals surface area contributed by atoms with Gasteiger partial charge in [0.15, 0.2) is 0 Å². The lowest BCUT2D eigenvalue weighted by atomic mass is 10.00. The first-order valence-electron chi connectivity index (χ1n) is 9.52. The average Bonchev–Trinajstić information content (AvgIpc) is 2.75. The van der Waals surface area contributed by atoms with Crippen LogP contribution < -0.4 is 5.32 Å². The predicted molar refractivity (Wildman–Crippen MR) is 129 cm³/mol. The highest BCUT2D eigenvalue weighted by Gasteiger charge is 2.29. The molecular formula is C22H18Cl2FN5OS. The Balaban J connectivity index is 1.65. The molecule has 0 aromatic heterocycles. The van der Waals surface area contributed by atoms with Crippen LogP contribution in [0.4, 0.5) is 10.1 Å². The third-order valence-electron chi connectivity index (χ3n) is 4.52. The van der Waals surface area contributed by atoms with Gasteiger partial charge in [0.25, 0.3) is 5.91 Å². The summed E-state index contributed by atoms with van der Waals surface area (Å²) in [7, 11) is 3.75. The van der Waals surface area contributed by atoms with Crippen LogP contribution in [0.5, 0.6) is 0 Å². The van der Waals surface area contributed by atoms with Gasteiger partial charge in [-0.2, -0.15) is 5.10 Å². The summed E-state index contributed by atoms with van der Waals surface area (Å²) in [6.07, 6.45) is 5.28. The number of nitrogens with one attached hydrogen (secondary N) is 1. The van der Waals surface area contributed by atoms with E-state index in [1.165, 1.54) is 23.9 Å². The molecule has 2 aliphatic rings. The molecule has 0 saturated heterocycles. The van der Waals surface area contributed by atoms with Gasteiger partial charge in [0.1, 0.15) is 17.5 Å². The van der Waals surface area contributed by atoms with Gasteiger partial charge < -0.3 is 10.2 Å². The van der Waals surface area contributed by atoms with E-state index in [0.29, 0.717) is 42.5 Å².